The fourth-order valence-corrected chi connectivity index (χ4v) is 3.03. The van der Waals surface area contributed by atoms with E-state index < -0.39 is 0 Å². The molecule has 2 amide bonds. The Kier molecular flexibility index (Phi) is 6.01. The number of para-hydroxylation sites is 1. The number of hydrogen-bond donors (Lipinski definition) is 2. The Morgan fingerprint density at radius 1 is 0.808 bits per heavy atom. The average molecular weight is 456 g/mol. The molecule has 3 aromatic carbocycles. The first-order chi connectivity index (χ1) is 12.6. The van der Waals surface area contributed by atoms with E-state index in [1.165, 1.54) is 0 Å². The summed E-state index contributed by atoms with van der Waals surface area (Å²) in [7, 11) is 0. The van der Waals surface area contributed by atoms with E-state index in [-0.39, 0.29) is 11.8 Å². The molecule has 0 heterocycles. The van der Waals surface area contributed by atoms with Crippen LogP contribution in [0.3, 0.4) is 0 Å². The van der Waals surface area contributed by atoms with Crippen molar-refractivity contribution in [2.45, 2.75) is 6.54 Å². The highest BCUT2D eigenvalue weighted by Gasteiger charge is 2.14. The monoisotopic (exact) mass is 456 g/mol. The first-order valence-electron chi connectivity index (χ1n) is 8.11. The lowest BCUT2D eigenvalue weighted by Crippen LogP contribution is -2.24. The summed E-state index contributed by atoms with van der Waals surface area (Å²) >= 11 is 2.16. The quantitative estimate of drug-likeness (QED) is 0.557. The third kappa shape index (κ3) is 4.70. The van der Waals surface area contributed by atoms with Gasteiger partial charge in [0.2, 0.25) is 0 Å². The molecule has 0 bridgehead atoms. The molecule has 0 spiro atoms. The van der Waals surface area contributed by atoms with Crippen molar-refractivity contribution in [1.29, 1.82) is 0 Å². The third-order valence-corrected chi connectivity index (χ3v) is 4.47. The first-order valence-corrected chi connectivity index (χ1v) is 9.19. The smallest absolute Gasteiger partial charge is 0.255 e. The molecule has 0 atom stereocenters. The second-order valence-corrected chi connectivity index (χ2v) is 6.92. The summed E-state index contributed by atoms with van der Waals surface area (Å²) < 4.78 is 0.976. The molecule has 0 aliphatic rings. The van der Waals surface area contributed by atoms with Crippen LogP contribution >= 0.6 is 22.6 Å². The zero-order chi connectivity index (χ0) is 18.4. The summed E-state index contributed by atoms with van der Waals surface area (Å²) in [5.41, 5.74) is 2.49. The van der Waals surface area contributed by atoms with E-state index in [0.29, 0.717) is 23.4 Å². The van der Waals surface area contributed by atoms with Gasteiger partial charge in [-0.2, -0.15) is 0 Å². The molecule has 0 radical (unpaired) electrons. The molecule has 0 fully saturated rings. The Balaban J connectivity index is 1.73. The number of halogens is 1. The number of carbonyl (C=O) groups is 2. The first kappa shape index (κ1) is 18.1. The van der Waals surface area contributed by atoms with Gasteiger partial charge in [0.15, 0.2) is 0 Å². The lowest BCUT2D eigenvalue weighted by molar-refractivity contribution is 0.0952. The van der Waals surface area contributed by atoms with Crippen LogP contribution in [-0.2, 0) is 6.54 Å². The normalized spacial score (nSPS) is 10.2. The molecule has 2 N–H and O–H groups in total. The zero-order valence-corrected chi connectivity index (χ0v) is 16.1. The number of benzene rings is 3. The number of carbonyl (C=O) groups excluding carboxylic acids is 2. The molecule has 0 aromatic heterocycles. The molecule has 4 nitrogen and oxygen atoms in total. The van der Waals surface area contributed by atoms with E-state index >= 15 is 0 Å². The fraction of sp³-hybridized carbons (Fsp3) is 0.0476. The predicted molar refractivity (Wildman–Crippen MR) is 111 cm³/mol. The van der Waals surface area contributed by atoms with Gasteiger partial charge in [-0.25, -0.2) is 0 Å². The Hall–Kier alpha value is -2.67. The number of amides is 2. The van der Waals surface area contributed by atoms with Crippen LogP contribution in [0.25, 0.3) is 0 Å². The lowest BCUT2D eigenvalue weighted by Gasteiger charge is -2.12. The maximum Gasteiger partial charge on any atom is 0.255 e. The van der Waals surface area contributed by atoms with Gasteiger partial charge < -0.3 is 10.6 Å². The van der Waals surface area contributed by atoms with Crippen LogP contribution in [0.15, 0.2) is 78.9 Å². The van der Waals surface area contributed by atoms with Crippen LogP contribution in [0, 0.1) is 3.57 Å². The van der Waals surface area contributed by atoms with Crippen molar-refractivity contribution in [2.24, 2.45) is 0 Å². The number of rotatable bonds is 5. The highest BCUT2D eigenvalue weighted by molar-refractivity contribution is 14.1. The average Bonchev–Trinajstić information content (AvgIpc) is 2.67. The van der Waals surface area contributed by atoms with Gasteiger partial charge in [-0.1, -0.05) is 48.5 Å². The summed E-state index contributed by atoms with van der Waals surface area (Å²) in [4.78, 5) is 25.0. The van der Waals surface area contributed by atoms with Crippen molar-refractivity contribution < 1.29 is 9.59 Å². The SMILES string of the molecule is O=C(Nc1ccccc1C(=O)NCc1ccccc1)c1cccc(I)c1. The highest BCUT2D eigenvalue weighted by Crippen LogP contribution is 2.17. The van der Waals surface area contributed by atoms with Crippen molar-refractivity contribution in [2.75, 3.05) is 5.32 Å². The predicted octanol–water partition coefficient (Wildman–Crippen LogP) is 4.47. The van der Waals surface area contributed by atoms with Gasteiger partial charge in [0.25, 0.3) is 11.8 Å². The van der Waals surface area contributed by atoms with Crippen molar-refractivity contribution in [3.8, 4) is 0 Å². The zero-order valence-electron chi connectivity index (χ0n) is 13.9. The largest absolute Gasteiger partial charge is 0.348 e. The van der Waals surface area contributed by atoms with Gasteiger partial charge in [-0.15, -0.1) is 0 Å². The van der Waals surface area contributed by atoms with Crippen molar-refractivity contribution in [3.63, 3.8) is 0 Å². The molecule has 0 unspecified atom stereocenters. The van der Waals surface area contributed by atoms with E-state index in [1.54, 1.807) is 36.4 Å². The van der Waals surface area contributed by atoms with E-state index in [9.17, 15) is 9.59 Å². The molecular weight excluding hydrogens is 439 g/mol. The minimum atomic E-state index is -0.244. The van der Waals surface area contributed by atoms with Crippen LogP contribution in [0.5, 0.6) is 0 Å². The molecule has 3 rings (SSSR count). The molecule has 0 aliphatic heterocycles. The summed E-state index contributed by atoms with van der Waals surface area (Å²) in [5.74, 6) is -0.473. The third-order valence-electron chi connectivity index (χ3n) is 3.80. The van der Waals surface area contributed by atoms with E-state index in [1.807, 2.05) is 42.5 Å². The molecule has 5 heteroatoms. The maximum absolute atomic E-state index is 12.5. The van der Waals surface area contributed by atoms with Crippen LogP contribution in [-0.4, -0.2) is 11.8 Å². The maximum atomic E-state index is 12.5. The minimum Gasteiger partial charge on any atom is -0.348 e. The van der Waals surface area contributed by atoms with Crippen LogP contribution in [0.2, 0.25) is 0 Å². The molecule has 0 saturated carbocycles. The van der Waals surface area contributed by atoms with Gasteiger partial charge in [0.1, 0.15) is 0 Å². The Morgan fingerprint density at radius 3 is 2.31 bits per heavy atom. The number of nitrogens with one attached hydrogen (secondary N) is 2. The van der Waals surface area contributed by atoms with Crippen LogP contribution < -0.4 is 10.6 Å². The lowest BCUT2D eigenvalue weighted by atomic mass is 10.1. The molecule has 0 aliphatic carbocycles. The Morgan fingerprint density at radius 2 is 1.54 bits per heavy atom. The second kappa shape index (κ2) is 8.62. The van der Waals surface area contributed by atoms with Crippen LogP contribution in [0.4, 0.5) is 5.69 Å². The molecule has 130 valence electrons. The van der Waals surface area contributed by atoms with Crippen LogP contribution in [0.1, 0.15) is 26.3 Å². The Bertz CT molecular complexity index is 926. The Labute approximate surface area is 165 Å². The summed E-state index contributed by atoms with van der Waals surface area (Å²) in [6.07, 6.45) is 0. The van der Waals surface area contributed by atoms with E-state index in [0.717, 1.165) is 9.13 Å². The van der Waals surface area contributed by atoms with Gasteiger partial charge >= 0.3 is 0 Å². The van der Waals surface area contributed by atoms with E-state index in [2.05, 4.69) is 33.2 Å². The number of anilines is 1. The second-order valence-electron chi connectivity index (χ2n) is 5.68. The minimum absolute atomic E-state index is 0.229. The molecule has 26 heavy (non-hydrogen) atoms. The summed E-state index contributed by atoms with van der Waals surface area (Å²) in [6, 6.07) is 24.0. The van der Waals surface area contributed by atoms with Gasteiger partial charge in [-0.3, -0.25) is 9.59 Å². The summed E-state index contributed by atoms with van der Waals surface area (Å²) in [5, 5.41) is 5.72. The summed E-state index contributed by atoms with van der Waals surface area (Å²) in [6.45, 7) is 0.429. The molecular formula is C21H17IN2O2. The topological polar surface area (TPSA) is 58.2 Å². The fourth-order valence-electron chi connectivity index (χ4n) is 2.49. The number of hydrogen-bond acceptors (Lipinski definition) is 2. The van der Waals surface area contributed by atoms with E-state index in [4.69, 9.17) is 0 Å². The molecule has 0 saturated heterocycles. The highest BCUT2D eigenvalue weighted by atomic mass is 127. The van der Waals surface area contributed by atoms with Gasteiger partial charge in [0, 0.05) is 15.7 Å². The van der Waals surface area contributed by atoms with Crippen molar-refractivity contribution in [3.05, 3.63) is 99.1 Å². The standard InChI is InChI=1S/C21H17IN2O2/c22-17-10-6-9-16(13-17)20(25)24-19-12-5-4-11-18(19)21(26)23-14-15-7-2-1-3-8-15/h1-13H,14H2,(H,23,26)(H,24,25). The van der Waals surface area contributed by atoms with Crippen molar-refractivity contribution >= 4 is 40.1 Å². The molecule has 3 aromatic rings. The van der Waals surface area contributed by atoms with Gasteiger partial charge in [-0.05, 0) is 58.5 Å². The van der Waals surface area contributed by atoms with Crippen molar-refractivity contribution in [1.82, 2.24) is 5.32 Å². The van der Waals surface area contributed by atoms with Gasteiger partial charge in [0.05, 0.1) is 11.3 Å².